The molecular weight excluding hydrogens is 302 g/mol. The molecule has 126 valence electrons. The summed E-state index contributed by atoms with van der Waals surface area (Å²) in [5.74, 6) is -3.57. The number of hydrogen-bond donors (Lipinski definition) is 2. The summed E-state index contributed by atoms with van der Waals surface area (Å²) in [6.07, 6.45) is 2.83. The van der Waals surface area contributed by atoms with Crippen LogP contribution in [0.3, 0.4) is 0 Å². The summed E-state index contributed by atoms with van der Waals surface area (Å²) >= 11 is 0. The van der Waals surface area contributed by atoms with Crippen molar-refractivity contribution in [2.45, 2.75) is 31.0 Å². The Labute approximate surface area is 134 Å². The van der Waals surface area contributed by atoms with E-state index in [4.69, 9.17) is 4.74 Å². The number of allylic oxidation sites excluding steroid dienone is 1. The van der Waals surface area contributed by atoms with Crippen LogP contribution in [0.4, 0.5) is 8.78 Å². The Balaban J connectivity index is 1.97. The maximum Gasteiger partial charge on any atom is 0.299 e. The van der Waals surface area contributed by atoms with Gasteiger partial charge in [-0.05, 0) is 30.5 Å². The van der Waals surface area contributed by atoms with Crippen molar-refractivity contribution >= 4 is 0 Å². The van der Waals surface area contributed by atoms with Gasteiger partial charge in [-0.25, -0.2) is 0 Å². The van der Waals surface area contributed by atoms with Gasteiger partial charge in [-0.15, -0.1) is 6.58 Å². The van der Waals surface area contributed by atoms with Crippen LogP contribution in [0.5, 0.6) is 5.75 Å². The average molecular weight is 324 g/mol. The summed E-state index contributed by atoms with van der Waals surface area (Å²) in [5.41, 5.74) is 0. The van der Waals surface area contributed by atoms with E-state index in [1.54, 1.807) is 36.4 Å². The topological polar surface area (TPSA) is 49.7 Å². The largest absolute Gasteiger partial charge is 0.487 e. The van der Waals surface area contributed by atoms with Gasteiger partial charge >= 0.3 is 0 Å². The maximum absolute atomic E-state index is 13.9. The minimum absolute atomic E-state index is 0.194. The summed E-state index contributed by atoms with van der Waals surface area (Å²) in [4.78, 5) is 0. The van der Waals surface area contributed by atoms with Gasteiger partial charge in [0, 0.05) is 12.3 Å². The van der Waals surface area contributed by atoms with Gasteiger partial charge in [0.15, 0.2) is 6.61 Å². The van der Waals surface area contributed by atoms with Gasteiger partial charge in [-0.2, -0.15) is 8.78 Å². The molecule has 5 heteroatoms. The monoisotopic (exact) mass is 324 g/mol. The Bertz CT molecular complexity index is 530. The normalized spacial score (nSPS) is 28.2. The molecule has 1 aliphatic carbocycles. The number of aliphatic hydroxyl groups is 2. The maximum atomic E-state index is 13.9. The molecule has 0 heterocycles. The third-order valence-electron chi connectivity index (χ3n) is 4.09. The molecular formula is C18H22F2O3. The van der Waals surface area contributed by atoms with Crippen molar-refractivity contribution in [1.82, 2.24) is 0 Å². The number of benzene rings is 1. The predicted molar refractivity (Wildman–Crippen MR) is 84.4 cm³/mol. The second kappa shape index (κ2) is 7.70. The molecule has 0 amide bonds. The second-order valence-corrected chi connectivity index (χ2v) is 5.86. The minimum Gasteiger partial charge on any atom is -0.487 e. The van der Waals surface area contributed by atoms with Crippen molar-refractivity contribution < 1.29 is 23.7 Å². The van der Waals surface area contributed by atoms with Gasteiger partial charge in [0.2, 0.25) is 0 Å². The van der Waals surface area contributed by atoms with Crippen LogP contribution >= 0.6 is 0 Å². The van der Waals surface area contributed by atoms with E-state index in [0.29, 0.717) is 12.2 Å². The van der Waals surface area contributed by atoms with Crippen molar-refractivity contribution in [3.8, 4) is 5.75 Å². The number of rotatable bonds is 7. The third-order valence-corrected chi connectivity index (χ3v) is 4.09. The first-order valence-corrected chi connectivity index (χ1v) is 7.65. The highest BCUT2D eigenvalue weighted by molar-refractivity contribution is 5.21. The fourth-order valence-electron chi connectivity index (χ4n) is 2.90. The van der Waals surface area contributed by atoms with E-state index >= 15 is 0 Å². The zero-order valence-corrected chi connectivity index (χ0v) is 12.8. The number of alkyl halides is 2. The summed E-state index contributed by atoms with van der Waals surface area (Å²) in [7, 11) is 0. The van der Waals surface area contributed by atoms with Gasteiger partial charge in [0.25, 0.3) is 5.92 Å². The first kappa shape index (κ1) is 17.6. The van der Waals surface area contributed by atoms with Gasteiger partial charge in [0.1, 0.15) is 5.75 Å². The van der Waals surface area contributed by atoms with E-state index in [9.17, 15) is 19.0 Å². The van der Waals surface area contributed by atoms with Crippen LogP contribution in [0, 0.1) is 11.8 Å². The molecule has 0 aliphatic heterocycles. The fraction of sp³-hybridized carbons (Fsp3) is 0.444. The Morgan fingerprint density at radius 1 is 1.22 bits per heavy atom. The molecule has 4 atom stereocenters. The van der Waals surface area contributed by atoms with E-state index in [-0.39, 0.29) is 12.3 Å². The van der Waals surface area contributed by atoms with Gasteiger partial charge in [-0.1, -0.05) is 30.4 Å². The molecule has 2 rings (SSSR count). The molecule has 1 saturated carbocycles. The van der Waals surface area contributed by atoms with E-state index in [1.807, 2.05) is 0 Å². The molecule has 0 unspecified atom stereocenters. The molecule has 0 spiro atoms. The molecule has 1 fully saturated rings. The molecule has 0 aromatic heterocycles. The third kappa shape index (κ3) is 4.88. The smallest absolute Gasteiger partial charge is 0.299 e. The summed E-state index contributed by atoms with van der Waals surface area (Å²) < 4.78 is 32.9. The number of para-hydroxylation sites is 1. The molecule has 1 aromatic rings. The van der Waals surface area contributed by atoms with Crippen molar-refractivity contribution in [2.75, 3.05) is 6.61 Å². The van der Waals surface area contributed by atoms with Crippen molar-refractivity contribution in [3.63, 3.8) is 0 Å². The molecule has 0 saturated heterocycles. The second-order valence-electron chi connectivity index (χ2n) is 5.86. The quantitative estimate of drug-likeness (QED) is 0.757. The lowest BCUT2D eigenvalue weighted by atomic mass is 9.90. The first-order valence-electron chi connectivity index (χ1n) is 7.65. The zero-order valence-electron chi connectivity index (χ0n) is 12.8. The van der Waals surface area contributed by atoms with Crippen LogP contribution in [-0.4, -0.2) is 35.0 Å². The number of ether oxygens (including phenoxy) is 1. The van der Waals surface area contributed by atoms with Crippen molar-refractivity contribution in [1.29, 1.82) is 0 Å². The van der Waals surface area contributed by atoms with E-state index in [1.165, 1.54) is 6.08 Å². The van der Waals surface area contributed by atoms with Crippen molar-refractivity contribution in [2.24, 2.45) is 11.8 Å². The van der Waals surface area contributed by atoms with Crippen LogP contribution in [0.25, 0.3) is 0 Å². The van der Waals surface area contributed by atoms with Gasteiger partial charge in [0.05, 0.1) is 12.2 Å². The number of hydrogen-bond acceptors (Lipinski definition) is 3. The number of halogens is 2. The molecule has 2 N–H and O–H groups in total. The van der Waals surface area contributed by atoms with E-state index in [0.717, 1.165) is 6.08 Å². The minimum atomic E-state index is -3.15. The van der Waals surface area contributed by atoms with Crippen LogP contribution in [0.2, 0.25) is 0 Å². The highest BCUT2D eigenvalue weighted by atomic mass is 19.3. The molecule has 3 nitrogen and oxygen atoms in total. The Kier molecular flexibility index (Phi) is 5.91. The molecule has 1 aliphatic rings. The molecule has 0 radical (unpaired) electrons. The van der Waals surface area contributed by atoms with Crippen LogP contribution < -0.4 is 4.74 Å². The lowest BCUT2D eigenvalue weighted by molar-refractivity contribution is 0.00404. The van der Waals surface area contributed by atoms with Crippen LogP contribution in [0.15, 0.2) is 55.1 Å². The first-order chi connectivity index (χ1) is 10.9. The van der Waals surface area contributed by atoms with E-state index < -0.39 is 30.7 Å². The molecule has 23 heavy (non-hydrogen) atoms. The molecule has 1 aromatic carbocycles. The molecule has 0 bridgehead atoms. The highest BCUT2D eigenvalue weighted by Gasteiger charge is 2.40. The average Bonchev–Trinajstić information content (AvgIpc) is 2.79. The lowest BCUT2D eigenvalue weighted by Gasteiger charge is -2.20. The summed E-state index contributed by atoms with van der Waals surface area (Å²) in [6.45, 7) is 2.83. The van der Waals surface area contributed by atoms with Crippen LogP contribution in [0.1, 0.15) is 12.8 Å². The fourth-order valence-corrected chi connectivity index (χ4v) is 2.90. The van der Waals surface area contributed by atoms with Crippen molar-refractivity contribution in [3.05, 3.63) is 55.1 Å². The SMILES string of the molecule is C=CC[C@@H]1[C@@H](/C=C/C(F)(F)COc2ccccc2)[C@H](O)C[C@@H]1O. The van der Waals surface area contributed by atoms with Gasteiger partial charge in [-0.3, -0.25) is 0 Å². The predicted octanol–water partition coefficient (Wildman–Crippen LogP) is 3.19. The Morgan fingerprint density at radius 2 is 1.91 bits per heavy atom. The Hall–Kier alpha value is -1.72. The Morgan fingerprint density at radius 3 is 2.57 bits per heavy atom. The van der Waals surface area contributed by atoms with Gasteiger partial charge < -0.3 is 14.9 Å². The zero-order chi connectivity index (χ0) is 16.9. The summed E-state index contributed by atoms with van der Waals surface area (Å²) in [5, 5.41) is 19.8. The lowest BCUT2D eigenvalue weighted by Crippen LogP contribution is -2.25. The standard InChI is InChI=1S/C18H22F2O3/c1-2-6-14-15(17(22)11-16(14)21)9-10-18(19,20)12-23-13-7-4-3-5-8-13/h2-5,7-10,14-17,21-22H,1,6,11-12H2/b10-9+/t14-,15-,16+,17-/m1/s1. The highest BCUT2D eigenvalue weighted by Crippen LogP contribution is 2.36. The van der Waals surface area contributed by atoms with Crippen LogP contribution in [-0.2, 0) is 0 Å². The number of aliphatic hydroxyl groups excluding tert-OH is 2. The summed E-state index contributed by atoms with van der Waals surface area (Å²) in [6, 6.07) is 8.41. The van der Waals surface area contributed by atoms with E-state index in [2.05, 4.69) is 6.58 Å².